The first-order chi connectivity index (χ1) is 34.8. The van der Waals surface area contributed by atoms with Crippen LogP contribution in [0.3, 0.4) is 0 Å². The zero-order valence-corrected chi connectivity index (χ0v) is 42.1. The van der Waals surface area contributed by atoms with Crippen molar-refractivity contribution in [3.05, 3.63) is 246 Å². The van der Waals surface area contributed by atoms with Crippen LogP contribution < -0.4 is 25.6 Å². The van der Waals surface area contributed by atoms with Crippen molar-refractivity contribution in [3.8, 4) is 33.4 Å². The molecule has 6 aliphatic carbocycles. The number of hydrogen-bond acceptors (Lipinski definition) is 1. The summed E-state index contributed by atoms with van der Waals surface area (Å²) in [6, 6.07) is 83.0. The van der Waals surface area contributed by atoms with Gasteiger partial charge >= 0.3 is 0 Å². The van der Waals surface area contributed by atoms with E-state index in [9.17, 15) is 0 Å². The largest absolute Gasteiger partial charge is 0.310 e. The van der Waals surface area contributed by atoms with Crippen molar-refractivity contribution >= 4 is 45.9 Å². The average Bonchev–Trinajstić information content (AvgIpc) is 3.95. The molecule has 1 heterocycles. The van der Waals surface area contributed by atoms with Crippen LogP contribution in [0.5, 0.6) is 0 Å². The minimum atomic E-state index is -2.88. The molecule has 2 heteroatoms. The SMILES string of the molecule is CC1(C)c2ccccc2-c2ccc(N(c3cccc([Si]4(c5cccc(C6C7CC8CC(C7)CC6C8)c5)c5ccccc5-c5ccccc54)c3)c3ccc4c(c3)C(C)(c3ccccc3)c3ccccc3-4)cc21. The molecule has 0 radical (unpaired) electrons. The van der Waals surface area contributed by atoms with Crippen LogP contribution in [0.4, 0.5) is 17.1 Å². The first-order valence-electron chi connectivity index (χ1n) is 26.5. The maximum atomic E-state index is 2.74. The third kappa shape index (κ3) is 5.80. The third-order valence-corrected chi connectivity index (χ3v) is 24.0. The van der Waals surface area contributed by atoms with Crippen molar-refractivity contribution in [3.63, 3.8) is 0 Å². The first kappa shape index (κ1) is 41.7. The predicted molar refractivity (Wildman–Crippen MR) is 299 cm³/mol. The lowest BCUT2D eigenvalue weighted by molar-refractivity contribution is -0.00275. The van der Waals surface area contributed by atoms with E-state index < -0.39 is 8.07 Å². The van der Waals surface area contributed by atoms with Gasteiger partial charge in [0.1, 0.15) is 0 Å². The monoisotopic (exact) mass is 929 g/mol. The molecule has 1 aliphatic heterocycles. The van der Waals surface area contributed by atoms with Gasteiger partial charge in [-0.15, -0.1) is 0 Å². The van der Waals surface area contributed by atoms with E-state index in [4.69, 9.17) is 0 Å². The maximum Gasteiger partial charge on any atom is 0.180 e. The Morgan fingerprint density at radius 2 is 0.873 bits per heavy atom. The summed E-state index contributed by atoms with van der Waals surface area (Å²) in [5.41, 5.74) is 19.6. The Morgan fingerprint density at radius 1 is 0.380 bits per heavy atom. The summed E-state index contributed by atoms with van der Waals surface area (Å²) >= 11 is 0. The second-order valence-corrected chi connectivity index (χ2v) is 26.7. The molecule has 1 nitrogen and oxygen atoms in total. The molecule has 0 aromatic heterocycles. The molecule has 1 atom stereocenters. The number of fused-ring (bicyclic) bond motifs is 9. The lowest BCUT2D eigenvalue weighted by Crippen LogP contribution is -2.73. The van der Waals surface area contributed by atoms with Gasteiger partial charge in [0, 0.05) is 27.9 Å². The van der Waals surface area contributed by atoms with E-state index in [1.807, 2.05) is 0 Å². The molecule has 4 fully saturated rings. The van der Waals surface area contributed by atoms with Gasteiger partial charge in [0.15, 0.2) is 8.07 Å². The molecule has 4 bridgehead atoms. The summed E-state index contributed by atoms with van der Waals surface area (Å²) < 4.78 is 0. The van der Waals surface area contributed by atoms with Crippen LogP contribution in [0.25, 0.3) is 33.4 Å². The van der Waals surface area contributed by atoms with Gasteiger partial charge in [-0.1, -0.05) is 190 Å². The highest BCUT2D eigenvalue weighted by atomic mass is 28.3. The molecule has 344 valence electrons. The normalized spacial score (nSPS) is 23.8. The number of hydrogen-bond donors (Lipinski definition) is 0. The Labute approximate surface area is 420 Å². The molecule has 0 spiro atoms. The number of benzene rings is 9. The second kappa shape index (κ2) is 15.3. The topological polar surface area (TPSA) is 3.24 Å². The smallest absolute Gasteiger partial charge is 0.180 e. The molecular weight excluding hydrogens is 871 g/mol. The van der Waals surface area contributed by atoms with Crippen molar-refractivity contribution in [2.75, 3.05) is 4.90 Å². The zero-order valence-electron chi connectivity index (χ0n) is 41.1. The zero-order chi connectivity index (χ0) is 47.2. The third-order valence-electron chi connectivity index (χ3n) is 19.2. The summed E-state index contributed by atoms with van der Waals surface area (Å²) in [5, 5.41) is 5.99. The molecule has 71 heavy (non-hydrogen) atoms. The van der Waals surface area contributed by atoms with Gasteiger partial charge in [0.2, 0.25) is 0 Å². The van der Waals surface area contributed by atoms with Crippen LogP contribution in [0.1, 0.15) is 92.2 Å². The first-order valence-corrected chi connectivity index (χ1v) is 28.5. The van der Waals surface area contributed by atoms with Gasteiger partial charge < -0.3 is 4.90 Å². The van der Waals surface area contributed by atoms with E-state index in [0.29, 0.717) is 5.92 Å². The Bertz CT molecular complexity index is 3560. The van der Waals surface area contributed by atoms with Crippen molar-refractivity contribution in [1.29, 1.82) is 0 Å². The maximum absolute atomic E-state index is 2.88. The van der Waals surface area contributed by atoms with Crippen LogP contribution in [-0.4, -0.2) is 8.07 Å². The van der Waals surface area contributed by atoms with Gasteiger partial charge in [-0.2, -0.15) is 0 Å². The summed E-state index contributed by atoms with van der Waals surface area (Å²) in [6.07, 6.45) is 7.20. The fraction of sp³-hybridized carbons (Fsp3) is 0.217. The van der Waals surface area contributed by atoms with Gasteiger partial charge in [-0.3, -0.25) is 0 Å². The van der Waals surface area contributed by atoms with Gasteiger partial charge in [0.25, 0.3) is 0 Å². The highest BCUT2D eigenvalue weighted by Crippen LogP contribution is 2.60. The summed E-state index contributed by atoms with van der Waals surface area (Å²) in [5.74, 6) is 4.24. The number of nitrogens with zero attached hydrogens (tertiary/aromatic N) is 1. The van der Waals surface area contributed by atoms with Gasteiger partial charge in [-0.25, -0.2) is 0 Å². The van der Waals surface area contributed by atoms with E-state index in [-0.39, 0.29) is 10.8 Å². The Morgan fingerprint density at radius 3 is 1.54 bits per heavy atom. The van der Waals surface area contributed by atoms with E-state index in [1.165, 1.54) is 131 Å². The van der Waals surface area contributed by atoms with Crippen LogP contribution in [0.2, 0.25) is 0 Å². The Hall–Kier alpha value is -7.00. The average molecular weight is 930 g/mol. The molecule has 7 aliphatic rings. The molecular formula is C69H59NSi. The van der Waals surface area contributed by atoms with E-state index in [1.54, 1.807) is 5.56 Å². The molecule has 0 amide bonds. The minimum Gasteiger partial charge on any atom is -0.310 e. The predicted octanol–water partition coefficient (Wildman–Crippen LogP) is 14.7. The van der Waals surface area contributed by atoms with E-state index in [0.717, 1.165) is 23.7 Å². The molecule has 0 saturated heterocycles. The van der Waals surface area contributed by atoms with E-state index in [2.05, 4.69) is 238 Å². The Balaban J connectivity index is 0.958. The van der Waals surface area contributed by atoms with Crippen molar-refractivity contribution in [2.45, 2.75) is 69.6 Å². The molecule has 16 rings (SSSR count). The van der Waals surface area contributed by atoms with Crippen LogP contribution in [0, 0.1) is 23.7 Å². The number of anilines is 3. The van der Waals surface area contributed by atoms with Crippen LogP contribution in [0.15, 0.2) is 212 Å². The molecule has 1 unspecified atom stereocenters. The lowest BCUT2D eigenvalue weighted by Gasteiger charge is -2.54. The standard InChI is InChI=1S/C69H59NSi/c1-68(2)61-27-11-7-23-55(61)57-33-31-51(42-63(57)68)70(52-32-34-58-56-24-8-12-28-62(56)69(3,64(58)43-52)49-18-5-4-6-19-49)50-20-16-22-54(41-50)71(65-29-13-9-25-59(65)60-26-10-14-30-66(60)71)53-21-15-17-46(40-53)67-47-36-44-35-45(38-47)39-48(67)37-44/h4-34,40-45,47-48,67H,35-39H2,1-3H3. The van der Waals surface area contributed by atoms with Gasteiger partial charge in [-0.05, 0) is 193 Å². The second-order valence-electron chi connectivity index (χ2n) is 23.0. The summed E-state index contributed by atoms with van der Waals surface area (Å²) in [4.78, 5) is 2.59. The molecule has 9 aromatic rings. The van der Waals surface area contributed by atoms with Gasteiger partial charge in [0.05, 0.1) is 0 Å². The Kier molecular flexibility index (Phi) is 8.97. The molecule has 9 aromatic carbocycles. The highest BCUT2D eigenvalue weighted by Gasteiger charge is 2.52. The highest BCUT2D eigenvalue weighted by molar-refractivity contribution is 7.22. The lowest BCUT2D eigenvalue weighted by atomic mass is 9.51. The van der Waals surface area contributed by atoms with Crippen molar-refractivity contribution in [2.24, 2.45) is 23.7 Å². The summed E-state index contributed by atoms with van der Waals surface area (Å²) in [7, 11) is -2.88. The summed E-state index contributed by atoms with van der Waals surface area (Å²) in [6.45, 7) is 7.26. The quantitative estimate of drug-likeness (QED) is 0.144. The number of rotatable bonds is 7. The van der Waals surface area contributed by atoms with Crippen LogP contribution >= 0.6 is 0 Å². The van der Waals surface area contributed by atoms with Crippen molar-refractivity contribution < 1.29 is 0 Å². The molecule has 4 saturated carbocycles. The fourth-order valence-electron chi connectivity index (χ4n) is 16.3. The molecule has 0 N–H and O–H groups in total. The van der Waals surface area contributed by atoms with Crippen molar-refractivity contribution in [1.82, 2.24) is 0 Å². The fourth-order valence-corrected chi connectivity index (χ4v) is 21.6. The van der Waals surface area contributed by atoms with Crippen LogP contribution in [-0.2, 0) is 10.8 Å². The minimum absolute atomic E-state index is 0.141. The van der Waals surface area contributed by atoms with E-state index >= 15 is 0 Å².